The average Bonchev–Trinajstić information content (AvgIpc) is 3.16. The average molecular weight is 380 g/mol. The Morgan fingerprint density at radius 3 is 2.63 bits per heavy atom. The van der Waals surface area contributed by atoms with E-state index in [0.29, 0.717) is 11.3 Å². The molecule has 0 saturated heterocycles. The van der Waals surface area contributed by atoms with E-state index in [2.05, 4.69) is 21.7 Å². The third-order valence-electron chi connectivity index (χ3n) is 4.15. The second-order valence-corrected chi connectivity index (χ2v) is 6.15. The molecule has 5 nitrogen and oxygen atoms in total. The minimum Gasteiger partial charge on any atom is -0.465 e. The van der Waals surface area contributed by atoms with Crippen LogP contribution in [0.3, 0.4) is 0 Å². The highest BCUT2D eigenvalue weighted by Gasteiger charge is 2.14. The fourth-order valence-electron chi connectivity index (χ4n) is 2.67. The van der Waals surface area contributed by atoms with Crippen LogP contribution in [0.25, 0.3) is 10.9 Å². The summed E-state index contributed by atoms with van der Waals surface area (Å²) in [6, 6.07) is 9.14. The molecule has 3 N–H and O–H groups in total. The molecule has 2 aromatic carbocycles. The number of nitrogens with two attached hydrogens (primary N) is 1. The quantitative estimate of drug-likeness (QED) is 0.373. The molecule has 0 saturated carbocycles. The number of aromatic nitrogens is 1. The molecule has 27 heavy (non-hydrogen) atoms. The van der Waals surface area contributed by atoms with Gasteiger partial charge in [-0.1, -0.05) is 17.5 Å². The number of terminal acetylenes is 1. The number of carbonyl (C=O) groups excluding carboxylic acids is 1. The molecule has 1 heterocycles. The number of aromatic amines is 1. The van der Waals surface area contributed by atoms with Crippen LogP contribution in [0.15, 0.2) is 30.5 Å². The Hall–Kier alpha value is -3.41. The van der Waals surface area contributed by atoms with Gasteiger partial charge in [0, 0.05) is 22.8 Å². The van der Waals surface area contributed by atoms with Crippen molar-refractivity contribution in [2.75, 3.05) is 12.8 Å². The van der Waals surface area contributed by atoms with Crippen molar-refractivity contribution in [2.24, 2.45) is 0 Å². The number of hydrogen-bond acceptors (Lipinski definition) is 4. The zero-order chi connectivity index (χ0) is 20.1. The van der Waals surface area contributed by atoms with Crippen LogP contribution >= 0.6 is 11.6 Å². The normalized spacial score (nSPS) is 9.70. The summed E-state index contributed by atoms with van der Waals surface area (Å²) in [5, 5.41) is 10.2. The lowest BCUT2D eigenvalue weighted by atomic mass is 10.0. The summed E-state index contributed by atoms with van der Waals surface area (Å²) < 4.78 is 4.52. The van der Waals surface area contributed by atoms with Crippen LogP contribution in [-0.2, 0) is 4.74 Å². The zero-order valence-corrected chi connectivity index (χ0v) is 15.9. The van der Waals surface area contributed by atoms with Gasteiger partial charge in [-0.3, -0.25) is 0 Å². The first-order chi connectivity index (χ1) is 12.8. The van der Waals surface area contributed by atoms with Gasteiger partial charge in [0.1, 0.15) is 0 Å². The Morgan fingerprint density at radius 2 is 2.04 bits per heavy atom. The number of hydrogen-bond donors (Lipinski definition) is 2. The van der Waals surface area contributed by atoms with Gasteiger partial charge in [0.25, 0.3) is 0 Å². The molecular formula is C21H18ClN3O2. The maximum Gasteiger partial charge on any atom is 0.339 e. The number of benzene rings is 2. The minimum atomic E-state index is -0.536. The highest BCUT2D eigenvalue weighted by molar-refractivity contribution is 6.35. The van der Waals surface area contributed by atoms with Gasteiger partial charge in [0.2, 0.25) is 0 Å². The number of methoxy groups -OCH3 is 1. The lowest BCUT2D eigenvalue weighted by Crippen LogP contribution is -2.04. The molecule has 1 aromatic heterocycles. The minimum absolute atomic E-state index is 0.152. The third kappa shape index (κ3) is 3.89. The standard InChI is InChI=1S/C11H10N2.C10H8ClNO2/c1-7-5-9(6-12)8(2)10-3-4-13-11(7)10;1-3-6-8(12)5-4-7(9(6)11)10(13)14-2/h3-5,13H,1-2H3;1,4-5H,12H2,2H3. The lowest BCUT2D eigenvalue weighted by molar-refractivity contribution is 0.0601. The van der Waals surface area contributed by atoms with Crippen molar-refractivity contribution in [3.8, 4) is 18.4 Å². The molecule has 0 atom stereocenters. The maximum absolute atomic E-state index is 11.2. The molecule has 0 aliphatic heterocycles. The van der Waals surface area contributed by atoms with Crippen molar-refractivity contribution < 1.29 is 9.53 Å². The number of nitrogens with one attached hydrogen (secondary N) is 1. The number of halogens is 1. The van der Waals surface area contributed by atoms with E-state index in [1.54, 1.807) is 0 Å². The molecule has 0 spiro atoms. The molecular weight excluding hydrogens is 362 g/mol. The Labute approximate surface area is 162 Å². The van der Waals surface area contributed by atoms with Gasteiger partial charge in [-0.15, -0.1) is 6.42 Å². The van der Waals surface area contributed by atoms with Crippen molar-refractivity contribution in [1.29, 1.82) is 5.26 Å². The van der Waals surface area contributed by atoms with Gasteiger partial charge in [0.05, 0.1) is 34.9 Å². The van der Waals surface area contributed by atoms with E-state index >= 15 is 0 Å². The number of ether oxygens (including phenoxy) is 1. The van der Waals surface area contributed by atoms with Gasteiger partial charge in [0.15, 0.2) is 0 Å². The summed E-state index contributed by atoms with van der Waals surface area (Å²) in [6.45, 7) is 3.99. The molecule has 3 rings (SSSR count). The number of carbonyl (C=O) groups is 1. The first kappa shape index (κ1) is 19.9. The summed E-state index contributed by atoms with van der Waals surface area (Å²) in [5.74, 6) is 1.78. The number of fused-ring (bicyclic) bond motifs is 1. The van der Waals surface area contributed by atoms with E-state index in [-0.39, 0.29) is 10.6 Å². The topological polar surface area (TPSA) is 91.9 Å². The van der Waals surface area contributed by atoms with Gasteiger partial charge < -0.3 is 15.5 Å². The molecule has 0 radical (unpaired) electrons. The van der Waals surface area contributed by atoms with Crippen LogP contribution in [-0.4, -0.2) is 18.1 Å². The van der Waals surface area contributed by atoms with Crippen LogP contribution < -0.4 is 5.73 Å². The molecule has 0 fully saturated rings. The second kappa shape index (κ2) is 8.31. The number of nitrogen functional groups attached to an aromatic ring is 1. The smallest absolute Gasteiger partial charge is 0.339 e. The van der Waals surface area contributed by atoms with Crippen molar-refractivity contribution in [2.45, 2.75) is 13.8 Å². The Balaban J connectivity index is 0.000000194. The number of anilines is 1. The number of esters is 1. The summed E-state index contributed by atoms with van der Waals surface area (Å²) >= 11 is 5.86. The zero-order valence-electron chi connectivity index (χ0n) is 15.2. The molecule has 3 aromatic rings. The number of aryl methyl sites for hydroxylation is 2. The molecule has 0 aliphatic carbocycles. The second-order valence-electron chi connectivity index (χ2n) is 5.77. The van der Waals surface area contributed by atoms with Crippen LogP contribution in [0.5, 0.6) is 0 Å². The largest absolute Gasteiger partial charge is 0.465 e. The Bertz CT molecular complexity index is 1100. The van der Waals surface area contributed by atoms with Gasteiger partial charge in [-0.25, -0.2) is 4.79 Å². The van der Waals surface area contributed by atoms with Gasteiger partial charge in [-0.05, 0) is 49.2 Å². The van der Waals surface area contributed by atoms with Crippen LogP contribution in [0, 0.1) is 37.5 Å². The Kier molecular flexibility index (Phi) is 6.13. The highest BCUT2D eigenvalue weighted by atomic mass is 35.5. The van der Waals surface area contributed by atoms with Crippen molar-refractivity contribution in [3.63, 3.8) is 0 Å². The van der Waals surface area contributed by atoms with Crippen LogP contribution in [0.4, 0.5) is 5.69 Å². The van der Waals surface area contributed by atoms with E-state index in [1.165, 1.54) is 19.2 Å². The molecule has 6 heteroatoms. The van der Waals surface area contributed by atoms with Crippen molar-refractivity contribution in [1.82, 2.24) is 4.98 Å². The van der Waals surface area contributed by atoms with E-state index in [4.69, 9.17) is 29.0 Å². The SMILES string of the molecule is C#Cc1c(N)ccc(C(=O)OC)c1Cl.Cc1c(C#N)cc(C)c2[nH]ccc12. The fourth-order valence-corrected chi connectivity index (χ4v) is 2.98. The van der Waals surface area contributed by atoms with Crippen LogP contribution in [0.2, 0.25) is 5.02 Å². The number of nitrogens with zero attached hydrogens (tertiary/aromatic N) is 1. The summed E-state index contributed by atoms with van der Waals surface area (Å²) in [6.07, 6.45) is 7.10. The molecule has 0 bridgehead atoms. The van der Waals surface area contributed by atoms with Crippen molar-refractivity contribution >= 4 is 34.2 Å². The predicted molar refractivity (Wildman–Crippen MR) is 108 cm³/mol. The number of H-pyrrole nitrogens is 1. The van der Waals surface area contributed by atoms with Crippen LogP contribution in [0.1, 0.15) is 32.6 Å². The number of nitriles is 1. The molecule has 0 aliphatic rings. The molecule has 0 unspecified atom stereocenters. The van der Waals surface area contributed by atoms with E-state index < -0.39 is 5.97 Å². The predicted octanol–water partition coefficient (Wildman–Crippen LogP) is 4.35. The lowest BCUT2D eigenvalue weighted by Gasteiger charge is -2.06. The first-order valence-electron chi connectivity index (χ1n) is 7.96. The Morgan fingerprint density at radius 1 is 1.33 bits per heavy atom. The maximum atomic E-state index is 11.2. The van der Waals surface area contributed by atoms with Gasteiger partial charge >= 0.3 is 5.97 Å². The van der Waals surface area contributed by atoms with E-state index in [0.717, 1.165) is 27.6 Å². The van der Waals surface area contributed by atoms with Crippen molar-refractivity contribution in [3.05, 3.63) is 63.3 Å². The van der Waals surface area contributed by atoms with E-state index in [9.17, 15) is 4.79 Å². The molecule has 0 amide bonds. The molecule has 136 valence electrons. The monoisotopic (exact) mass is 379 g/mol. The fraction of sp³-hybridized carbons (Fsp3) is 0.143. The first-order valence-corrected chi connectivity index (χ1v) is 8.33. The summed E-state index contributed by atoms with van der Waals surface area (Å²) in [4.78, 5) is 14.4. The summed E-state index contributed by atoms with van der Waals surface area (Å²) in [5.41, 5.74) is 10.6. The number of rotatable bonds is 1. The highest BCUT2D eigenvalue weighted by Crippen LogP contribution is 2.26. The van der Waals surface area contributed by atoms with E-state index in [1.807, 2.05) is 32.2 Å². The summed E-state index contributed by atoms with van der Waals surface area (Å²) in [7, 11) is 1.27. The van der Waals surface area contributed by atoms with Gasteiger partial charge in [-0.2, -0.15) is 5.26 Å². The third-order valence-corrected chi connectivity index (χ3v) is 4.55.